The van der Waals surface area contributed by atoms with E-state index in [0.717, 1.165) is 5.56 Å². The molecular formula is C28H31N3O8S. The van der Waals surface area contributed by atoms with Crippen molar-refractivity contribution < 1.29 is 37.4 Å². The highest BCUT2D eigenvalue weighted by atomic mass is 32.2. The number of pyridine rings is 1. The van der Waals surface area contributed by atoms with E-state index in [0.29, 0.717) is 75.8 Å². The molecule has 2 aromatic carbocycles. The lowest BCUT2D eigenvalue weighted by Gasteiger charge is -2.13. The summed E-state index contributed by atoms with van der Waals surface area (Å²) in [7, 11) is 4.43. The van der Waals surface area contributed by atoms with E-state index in [1.807, 2.05) is 6.92 Å². The van der Waals surface area contributed by atoms with Crippen LogP contribution in [0.4, 0.5) is 0 Å². The number of hydrogen-bond donors (Lipinski definition) is 1. The number of aromatic nitrogens is 3. The molecule has 0 bridgehead atoms. The SMILES string of the molecule is COC(=O)c1ccc(OCCCOc2ccnc(CS(=O)c3nc4c(OC)c(OC)ccc4[nH]3)c2C)c(OC)c1. The number of esters is 1. The third-order valence-electron chi connectivity index (χ3n) is 6.11. The summed E-state index contributed by atoms with van der Waals surface area (Å²) in [6, 6.07) is 10.2. The molecule has 212 valence electrons. The first-order valence-electron chi connectivity index (χ1n) is 12.4. The van der Waals surface area contributed by atoms with E-state index < -0.39 is 16.8 Å². The Kier molecular flexibility index (Phi) is 9.43. The number of H-pyrrole nitrogens is 1. The van der Waals surface area contributed by atoms with Crippen molar-refractivity contribution in [1.82, 2.24) is 15.0 Å². The highest BCUT2D eigenvalue weighted by Gasteiger charge is 2.19. The zero-order valence-electron chi connectivity index (χ0n) is 22.9. The second kappa shape index (κ2) is 13.2. The molecule has 11 nitrogen and oxygen atoms in total. The van der Waals surface area contributed by atoms with Crippen molar-refractivity contribution in [2.75, 3.05) is 41.7 Å². The summed E-state index contributed by atoms with van der Waals surface area (Å²) in [5, 5.41) is 0.321. The zero-order valence-corrected chi connectivity index (χ0v) is 23.8. The van der Waals surface area contributed by atoms with Crippen LogP contribution in [0.5, 0.6) is 28.7 Å². The van der Waals surface area contributed by atoms with Crippen LogP contribution >= 0.6 is 0 Å². The maximum absolute atomic E-state index is 13.2. The first-order chi connectivity index (χ1) is 19.4. The van der Waals surface area contributed by atoms with Gasteiger partial charge >= 0.3 is 5.97 Å². The highest BCUT2D eigenvalue weighted by molar-refractivity contribution is 7.84. The maximum Gasteiger partial charge on any atom is 0.337 e. The van der Waals surface area contributed by atoms with Gasteiger partial charge in [0.15, 0.2) is 28.2 Å². The Bertz CT molecular complexity index is 1520. The van der Waals surface area contributed by atoms with Crippen molar-refractivity contribution in [3.63, 3.8) is 0 Å². The predicted molar refractivity (Wildman–Crippen MR) is 148 cm³/mol. The molecule has 0 saturated carbocycles. The van der Waals surface area contributed by atoms with E-state index in [4.69, 9.17) is 28.4 Å². The molecule has 4 rings (SSSR count). The Morgan fingerprint density at radius 3 is 2.33 bits per heavy atom. The van der Waals surface area contributed by atoms with Gasteiger partial charge in [0.05, 0.1) is 75.0 Å². The number of carbonyl (C=O) groups is 1. The number of aromatic amines is 1. The van der Waals surface area contributed by atoms with Gasteiger partial charge in [-0.25, -0.2) is 9.78 Å². The number of ether oxygens (including phenoxy) is 6. The standard InChI is InChI=1S/C28H31N3O8S/c1-17-20(16-40(33)28-30-19-8-10-23(34-2)26(36-4)25(19)31-28)29-12-11-21(17)38-13-6-14-39-22-9-7-18(27(32)37-5)15-24(22)35-3/h7-12,15H,6,13-14,16H2,1-5H3,(H,30,31). The van der Waals surface area contributed by atoms with Crippen LogP contribution in [-0.4, -0.2) is 66.8 Å². The largest absolute Gasteiger partial charge is 0.493 e. The van der Waals surface area contributed by atoms with E-state index in [-0.39, 0.29) is 5.75 Å². The Balaban J connectivity index is 1.35. The van der Waals surface area contributed by atoms with Gasteiger partial charge in [-0.15, -0.1) is 0 Å². The molecule has 0 aliphatic carbocycles. The van der Waals surface area contributed by atoms with Crippen LogP contribution in [0.1, 0.15) is 28.0 Å². The summed E-state index contributed by atoms with van der Waals surface area (Å²) in [5.41, 5.74) is 3.06. The quantitative estimate of drug-likeness (QED) is 0.184. The molecule has 2 aromatic heterocycles. The molecule has 0 radical (unpaired) electrons. The lowest BCUT2D eigenvalue weighted by Crippen LogP contribution is -2.08. The zero-order chi connectivity index (χ0) is 28.6. The topological polar surface area (TPSA) is 131 Å². The van der Waals surface area contributed by atoms with Crippen LogP contribution in [-0.2, 0) is 21.3 Å². The second-order valence-corrected chi connectivity index (χ2v) is 9.88. The minimum atomic E-state index is -1.49. The Morgan fingerprint density at radius 2 is 1.62 bits per heavy atom. The smallest absolute Gasteiger partial charge is 0.337 e. The van der Waals surface area contributed by atoms with Crippen LogP contribution in [0, 0.1) is 6.92 Å². The monoisotopic (exact) mass is 569 g/mol. The lowest BCUT2D eigenvalue weighted by molar-refractivity contribution is 0.0600. The number of nitrogens with one attached hydrogen (secondary N) is 1. The van der Waals surface area contributed by atoms with Gasteiger partial charge in [-0.2, -0.15) is 0 Å². The Hall–Kier alpha value is -4.32. The second-order valence-electron chi connectivity index (χ2n) is 8.52. The molecule has 1 unspecified atom stereocenters. The number of fused-ring (bicyclic) bond motifs is 1. The first-order valence-corrected chi connectivity index (χ1v) is 13.7. The summed E-state index contributed by atoms with van der Waals surface area (Å²) in [6.07, 6.45) is 2.22. The average molecular weight is 570 g/mol. The van der Waals surface area contributed by atoms with E-state index in [1.165, 1.54) is 21.3 Å². The summed E-state index contributed by atoms with van der Waals surface area (Å²) in [5.74, 6) is 2.33. The molecule has 0 spiro atoms. The number of hydrogen-bond acceptors (Lipinski definition) is 10. The van der Waals surface area contributed by atoms with Crippen LogP contribution < -0.4 is 23.7 Å². The normalized spacial score (nSPS) is 11.6. The van der Waals surface area contributed by atoms with Crippen LogP contribution in [0.15, 0.2) is 47.8 Å². The number of nitrogens with zero attached hydrogens (tertiary/aromatic N) is 2. The summed E-state index contributed by atoms with van der Waals surface area (Å²) in [4.78, 5) is 23.7. The Morgan fingerprint density at radius 1 is 0.900 bits per heavy atom. The van der Waals surface area contributed by atoms with Gasteiger partial charge in [0.2, 0.25) is 0 Å². The number of rotatable bonds is 13. The van der Waals surface area contributed by atoms with Crippen LogP contribution in [0.25, 0.3) is 11.0 Å². The number of benzene rings is 2. The maximum atomic E-state index is 13.2. The fourth-order valence-corrected chi connectivity index (χ4v) is 5.08. The predicted octanol–water partition coefficient (Wildman–Crippen LogP) is 4.23. The van der Waals surface area contributed by atoms with Gasteiger partial charge < -0.3 is 33.4 Å². The molecular weight excluding hydrogens is 538 g/mol. The fourth-order valence-electron chi connectivity index (χ4n) is 3.98. The summed E-state index contributed by atoms with van der Waals surface area (Å²) >= 11 is 0. The van der Waals surface area contributed by atoms with Gasteiger partial charge in [0.1, 0.15) is 11.3 Å². The third-order valence-corrected chi connectivity index (χ3v) is 7.27. The summed E-state index contributed by atoms with van der Waals surface area (Å²) < 4.78 is 45.8. The van der Waals surface area contributed by atoms with Gasteiger partial charge in [-0.05, 0) is 43.3 Å². The van der Waals surface area contributed by atoms with E-state index in [1.54, 1.807) is 49.7 Å². The van der Waals surface area contributed by atoms with Crippen molar-refractivity contribution in [3.8, 4) is 28.7 Å². The van der Waals surface area contributed by atoms with Crippen molar-refractivity contribution in [3.05, 3.63) is 59.4 Å². The van der Waals surface area contributed by atoms with Crippen LogP contribution in [0.3, 0.4) is 0 Å². The molecule has 2 heterocycles. The van der Waals surface area contributed by atoms with Gasteiger partial charge in [-0.3, -0.25) is 9.19 Å². The van der Waals surface area contributed by atoms with Gasteiger partial charge in [0, 0.05) is 18.2 Å². The van der Waals surface area contributed by atoms with E-state index >= 15 is 0 Å². The van der Waals surface area contributed by atoms with Crippen molar-refractivity contribution >= 4 is 27.8 Å². The molecule has 0 amide bonds. The van der Waals surface area contributed by atoms with Gasteiger partial charge in [0.25, 0.3) is 0 Å². The van der Waals surface area contributed by atoms with Gasteiger partial charge in [-0.1, -0.05) is 0 Å². The Labute approximate surface area is 234 Å². The molecule has 12 heteroatoms. The number of carbonyl (C=O) groups excluding carboxylic acids is 1. The molecule has 40 heavy (non-hydrogen) atoms. The molecule has 0 aliphatic rings. The molecule has 4 aromatic rings. The summed E-state index contributed by atoms with van der Waals surface area (Å²) in [6.45, 7) is 2.64. The molecule has 0 saturated heterocycles. The number of methoxy groups -OCH3 is 4. The minimum absolute atomic E-state index is 0.160. The van der Waals surface area contributed by atoms with Crippen molar-refractivity contribution in [2.45, 2.75) is 24.3 Å². The van der Waals surface area contributed by atoms with E-state index in [2.05, 4.69) is 15.0 Å². The molecule has 1 N–H and O–H groups in total. The minimum Gasteiger partial charge on any atom is -0.493 e. The average Bonchev–Trinajstić information content (AvgIpc) is 3.42. The molecule has 0 fully saturated rings. The lowest BCUT2D eigenvalue weighted by atomic mass is 10.2. The van der Waals surface area contributed by atoms with Crippen LogP contribution in [0.2, 0.25) is 0 Å². The number of imidazole rings is 1. The van der Waals surface area contributed by atoms with Crippen molar-refractivity contribution in [1.29, 1.82) is 0 Å². The highest BCUT2D eigenvalue weighted by Crippen LogP contribution is 2.34. The van der Waals surface area contributed by atoms with E-state index in [9.17, 15) is 9.00 Å². The molecule has 0 aliphatic heterocycles. The molecule has 1 atom stereocenters. The van der Waals surface area contributed by atoms with Crippen molar-refractivity contribution in [2.24, 2.45) is 0 Å². The third kappa shape index (κ3) is 6.28. The first kappa shape index (κ1) is 28.7. The fraction of sp³-hybridized carbons (Fsp3) is 0.321.